The summed E-state index contributed by atoms with van der Waals surface area (Å²) in [6.45, 7) is 2.27. The zero-order valence-electron chi connectivity index (χ0n) is 13.4. The van der Waals surface area contributed by atoms with E-state index in [1.165, 1.54) is 24.3 Å². The molecule has 0 radical (unpaired) electrons. The molecule has 1 aliphatic rings. The minimum Gasteiger partial charge on any atom is -0.478 e. The van der Waals surface area contributed by atoms with Gasteiger partial charge in [-0.15, -0.1) is 0 Å². The molecular weight excluding hydrogens is 344 g/mol. The molecule has 0 amide bonds. The minimum absolute atomic E-state index is 0.0165. The molecule has 1 saturated heterocycles. The van der Waals surface area contributed by atoms with Crippen LogP contribution >= 0.6 is 0 Å². The molecule has 0 atom stereocenters. The monoisotopic (exact) mass is 362 g/mol. The molecule has 2 N–H and O–H groups in total. The van der Waals surface area contributed by atoms with Crippen molar-refractivity contribution in [1.82, 2.24) is 0 Å². The third-order valence-corrected chi connectivity index (χ3v) is 5.27. The van der Waals surface area contributed by atoms with Gasteiger partial charge in [0.15, 0.2) is 0 Å². The number of ether oxygens (including phenoxy) is 1. The van der Waals surface area contributed by atoms with Gasteiger partial charge in [-0.05, 0) is 30.3 Å². The van der Waals surface area contributed by atoms with Crippen LogP contribution in [-0.2, 0) is 14.8 Å². The number of morpholine rings is 1. The van der Waals surface area contributed by atoms with Gasteiger partial charge in [0.2, 0.25) is 0 Å². The number of rotatable bonds is 5. The summed E-state index contributed by atoms with van der Waals surface area (Å²) in [6, 6.07) is 12.4. The molecule has 8 heteroatoms. The first-order valence-corrected chi connectivity index (χ1v) is 9.23. The SMILES string of the molecule is O=C(O)c1ccc(N2CCOCC2)c(NS(=O)(=O)c2ccccc2)c1. The van der Waals surface area contributed by atoms with Crippen LogP contribution in [0.3, 0.4) is 0 Å². The number of nitrogens with zero attached hydrogens (tertiary/aromatic N) is 1. The number of carbonyl (C=O) groups is 1. The van der Waals surface area contributed by atoms with E-state index in [0.29, 0.717) is 32.0 Å². The lowest BCUT2D eigenvalue weighted by molar-refractivity contribution is 0.0697. The van der Waals surface area contributed by atoms with Gasteiger partial charge in [-0.2, -0.15) is 0 Å². The van der Waals surface area contributed by atoms with E-state index in [2.05, 4.69) is 4.72 Å². The van der Waals surface area contributed by atoms with Crippen molar-refractivity contribution in [2.45, 2.75) is 4.90 Å². The number of hydrogen-bond donors (Lipinski definition) is 2. The molecule has 1 heterocycles. The van der Waals surface area contributed by atoms with Crippen molar-refractivity contribution in [1.29, 1.82) is 0 Å². The number of nitrogens with one attached hydrogen (secondary N) is 1. The fourth-order valence-corrected chi connectivity index (χ4v) is 3.72. The molecule has 2 aromatic carbocycles. The van der Waals surface area contributed by atoms with E-state index in [1.54, 1.807) is 24.3 Å². The van der Waals surface area contributed by atoms with Crippen LogP contribution in [0.1, 0.15) is 10.4 Å². The lowest BCUT2D eigenvalue weighted by Crippen LogP contribution is -2.36. The predicted molar refractivity (Wildman–Crippen MR) is 93.7 cm³/mol. The normalized spacial score (nSPS) is 15.0. The summed E-state index contributed by atoms with van der Waals surface area (Å²) in [5.74, 6) is -1.12. The molecule has 1 fully saturated rings. The van der Waals surface area contributed by atoms with Crippen LogP contribution in [0, 0.1) is 0 Å². The molecule has 25 heavy (non-hydrogen) atoms. The molecule has 132 valence electrons. The Bertz CT molecular complexity index is 862. The first kappa shape index (κ1) is 17.2. The highest BCUT2D eigenvalue weighted by Crippen LogP contribution is 2.30. The Morgan fingerprint density at radius 3 is 2.40 bits per heavy atom. The third kappa shape index (κ3) is 3.92. The predicted octanol–water partition coefficient (Wildman–Crippen LogP) is 2.02. The fourth-order valence-electron chi connectivity index (χ4n) is 2.63. The van der Waals surface area contributed by atoms with Crippen molar-refractivity contribution in [2.75, 3.05) is 35.9 Å². The molecule has 7 nitrogen and oxygen atoms in total. The van der Waals surface area contributed by atoms with Crippen molar-refractivity contribution in [2.24, 2.45) is 0 Å². The molecule has 0 aromatic heterocycles. The highest BCUT2D eigenvalue weighted by atomic mass is 32.2. The Labute approximate surface area is 145 Å². The van der Waals surface area contributed by atoms with E-state index < -0.39 is 16.0 Å². The number of aromatic carboxylic acids is 1. The molecule has 2 aromatic rings. The van der Waals surface area contributed by atoms with Crippen LogP contribution in [0.15, 0.2) is 53.4 Å². The van der Waals surface area contributed by atoms with E-state index in [0.717, 1.165) is 0 Å². The summed E-state index contributed by atoms with van der Waals surface area (Å²) >= 11 is 0. The standard InChI is InChI=1S/C17H18N2O5S/c20-17(21)13-6-7-16(19-8-10-24-11-9-19)15(12-13)18-25(22,23)14-4-2-1-3-5-14/h1-7,12,18H,8-11H2,(H,20,21). The third-order valence-electron chi connectivity index (χ3n) is 3.89. The van der Waals surface area contributed by atoms with E-state index in [1.807, 2.05) is 4.90 Å². The van der Waals surface area contributed by atoms with Gasteiger partial charge in [-0.3, -0.25) is 4.72 Å². The van der Waals surface area contributed by atoms with Crippen LogP contribution < -0.4 is 9.62 Å². The summed E-state index contributed by atoms with van der Waals surface area (Å²) in [5.41, 5.74) is 0.890. The Balaban J connectivity index is 2.00. The smallest absolute Gasteiger partial charge is 0.335 e. The average Bonchev–Trinajstić information content (AvgIpc) is 2.63. The molecule has 0 aliphatic carbocycles. The van der Waals surface area contributed by atoms with Crippen LogP contribution in [0.2, 0.25) is 0 Å². The molecule has 1 aliphatic heterocycles. The van der Waals surface area contributed by atoms with Crippen LogP contribution in [-0.4, -0.2) is 45.8 Å². The second-order valence-electron chi connectivity index (χ2n) is 5.56. The van der Waals surface area contributed by atoms with Gasteiger partial charge in [0.05, 0.1) is 35.0 Å². The van der Waals surface area contributed by atoms with Gasteiger partial charge in [-0.1, -0.05) is 18.2 Å². The molecule has 3 rings (SSSR count). The maximum Gasteiger partial charge on any atom is 0.335 e. The van der Waals surface area contributed by atoms with E-state index in [4.69, 9.17) is 4.74 Å². The number of sulfonamides is 1. The van der Waals surface area contributed by atoms with Crippen molar-refractivity contribution < 1.29 is 23.1 Å². The second-order valence-corrected chi connectivity index (χ2v) is 7.24. The fraction of sp³-hybridized carbons (Fsp3) is 0.235. The summed E-state index contributed by atoms with van der Waals surface area (Å²) in [6.07, 6.45) is 0. The van der Waals surface area contributed by atoms with Crippen LogP contribution in [0.5, 0.6) is 0 Å². The maximum absolute atomic E-state index is 12.6. The maximum atomic E-state index is 12.6. The first-order valence-electron chi connectivity index (χ1n) is 7.75. The lowest BCUT2D eigenvalue weighted by atomic mass is 10.1. The topological polar surface area (TPSA) is 95.9 Å². The summed E-state index contributed by atoms with van der Waals surface area (Å²) in [7, 11) is -3.82. The summed E-state index contributed by atoms with van der Waals surface area (Å²) in [4.78, 5) is 13.4. The minimum atomic E-state index is -3.82. The second kappa shape index (κ2) is 7.12. The van der Waals surface area contributed by atoms with Crippen LogP contribution in [0.25, 0.3) is 0 Å². The van der Waals surface area contributed by atoms with Crippen molar-refractivity contribution in [3.8, 4) is 0 Å². The van der Waals surface area contributed by atoms with Gasteiger partial charge in [-0.25, -0.2) is 13.2 Å². The van der Waals surface area contributed by atoms with Crippen LogP contribution in [0.4, 0.5) is 11.4 Å². The average molecular weight is 362 g/mol. The van der Waals surface area contributed by atoms with Crippen molar-refractivity contribution in [3.63, 3.8) is 0 Å². The van der Waals surface area contributed by atoms with E-state index in [9.17, 15) is 18.3 Å². The quantitative estimate of drug-likeness (QED) is 0.845. The molecule has 0 spiro atoms. The lowest BCUT2D eigenvalue weighted by Gasteiger charge is -2.30. The zero-order chi connectivity index (χ0) is 17.9. The Kier molecular flexibility index (Phi) is 4.91. The zero-order valence-corrected chi connectivity index (χ0v) is 14.2. The van der Waals surface area contributed by atoms with Crippen molar-refractivity contribution >= 4 is 27.4 Å². The molecule has 0 saturated carbocycles. The highest BCUT2D eigenvalue weighted by Gasteiger charge is 2.21. The first-order chi connectivity index (χ1) is 12.0. The Morgan fingerprint density at radius 1 is 1.08 bits per heavy atom. The Morgan fingerprint density at radius 2 is 1.76 bits per heavy atom. The molecule has 0 unspecified atom stereocenters. The van der Waals surface area contributed by atoms with E-state index in [-0.39, 0.29) is 16.1 Å². The molecule has 0 bridgehead atoms. The largest absolute Gasteiger partial charge is 0.478 e. The van der Waals surface area contributed by atoms with Gasteiger partial charge in [0, 0.05) is 13.1 Å². The number of carboxylic acids is 1. The highest BCUT2D eigenvalue weighted by molar-refractivity contribution is 7.92. The van der Waals surface area contributed by atoms with Gasteiger partial charge in [0.25, 0.3) is 10.0 Å². The Hall–Kier alpha value is -2.58. The number of carboxylic acid groups (broad SMARTS) is 1. The number of anilines is 2. The van der Waals surface area contributed by atoms with Crippen molar-refractivity contribution in [3.05, 3.63) is 54.1 Å². The summed E-state index contributed by atoms with van der Waals surface area (Å²) in [5, 5.41) is 9.22. The molecular formula is C17H18N2O5S. The number of benzene rings is 2. The summed E-state index contributed by atoms with van der Waals surface area (Å²) < 4.78 is 33.1. The van der Waals surface area contributed by atoms with E-state index >= 15 is 0 Å². The van der Waals surface area contributed by atoms with Gasteiger partial charge in [0.1, 0.15) is 0 Å². The number of hydrogen-bond acceptors (Lipinski definition) is 5. The van der Waals surface area contributed by atoms with Gasteiger partial charge >= 0.3 is 5.97 Å². The van der Waals surface area contributed by atoms with Gasteiger partial charge < -0.3 is 14.7 Å².